The highest BCUT2D eigenvalue weighted by molar-refractivity contribution is 7.99. The summed E-state index contributed by atoms with van der Waals surface area (Å²) in [7, 11) is 0. The van der Waals surface area contributed by atoms with Crippen molar-refractivity contribution >= 4 is 18.0 Å². The van der Waals surface area contributed by atoms with Gasteiger partial charge in [-0.25, -0.2) is 4.98 Å². The van der Waals surface area contributed by atoms with Crippen molar-refractivity contribution in [3.8, 4) is 0 Å². The van der Waals surface area contributed by atoms with Crippen LogP contribution in [0.15, 0.2) is 23.4 Å². The van der Waals surface area contributed by atoms with Crippen LogP contribution in [0, 0.1) is 0 Å². The molecule has 0 aliphatic heterocycles. The van der Waals surface area contributed by atoms with E-state index in [4.69, 9.17) is 5.11 Å². The third kappa shape index (κ3) is 2.64. The zero-order chi connectivity index (χ0) is 8.81. The molecular weight excluding hydrogens is 174 g/mol. The molecule has 0 aromatic carbocycles. The molecule has 1 aromatic rings. The van der Waals surface area contributed by atoms with E-state index < -0.39 is 0 Å². The van der Waals surface area contributed by atoms with Gasteiger partial charge in [-0.15, -0.1) is 11.8 Å². The van der Waals surface area contributed by atoms with Crippen molar-refractivity contribution in [3.63, 3.8) is 0 Å². The predicted octanol–water partition coefficient (Wildman–Crippen LogP) is 0.978. The first-order valence-corrected chi connectivity index (χ1v) is 4.50. The summed E-state index contributed by atoms with van der Waals surface area (Å²) < 4.78 is 0. The molecule has 0 fully saturated rings. The SMILES string of the molecule is O=Cc1ccc(SCCO)nc1. The van der Waals surface area contributed by atoms with E-state index in [0.717, 1.165) is 11.3 Å². The lowest BCUT2D eigenvalue weighted by Gasteiger charge is -1.97. The van der Waals surface area contributed by atoms with E-state index in [9.17, 15) is 4.79 Å². The number of hydrogen-bond donors (Lipinski definition) is 1. The smallest absolute Gasteiger partial charge is 0.151 e. The Morgan fingerprint density at radius 1 is 1.58 bits per heavy atom. The van der Waals surface area contributed by atoms with Gasteiger partial charge in [-0.3, -0.25) is 4.79 Å². The van der Waals surface area contributed by atoms with Gasteiger partial charge in [0.25, 0.3) is 0 Å². The van der Waals surface area contributed by atoms with Crippen LogP contribution in [0.4, 0.5) is 0 Å². The van der Waals surface area contributed by atoms with Crippen LogP contribution in [0.2, 0.25) is 0 Å². The summed E-state index contributed by atoms with van der Waals surface area (Å²) in [6.45, 7) is 0.141. The maximum absolute atomic E-state index is 10.2. The molecule has 0 saturated heterocycles. The van der Waals surface area contributed by atoms with E-state index >= 15 is 0 Å². The van der Waals surface area contributed by atoms with Crippen molar-refractivity contribution < 1.29 is 9.90 Å². The standard InChI is InChI=1S/C8H9NO2S/c10-3-4-12-8-2-1-7(6-11)5-9-8/h1-2,5-6,10H,3-4H2. The summed E-state index contributed by atoms with van der Waals surface area (Å²) in [4.78, 5) is 14.3. The number of aldehydes is 1. The first-order valence-electron chi connectivity index (χ1n) is 3.51. The van der Waals surface area contributed by atoms with Crippen molar-refractivity contribution in [1.82, 2.24) is 4.98 Å². The molecule has 12 heavy (non-hydrogen) atoms. The van der Waals surface area contributed by atoms with Crippen molar-refractivity contribution in [3.05, 3.63) is 23.9 Å². The van der Waals surface area contributed by atoms with Gasteiger partial charge in [0, 0.05) is 17.5 Å². The Morgan fingerprint density at radius 3 is 2.92 bits per heavy atom. The van der Waals surface area contributed by atoms with E-state index in [1.807, 2.05) is 0 Å². The van der Waals surface area contributed by atoms with Crippen LogP contribution in [-0.4, -0.2) is 28.7 Å². The molecule has 4 heteroatoms. The Bertz CT molecular complexity index is 248. The molecule has 0 bridgehead atoms. The Hall–Kier alpha value is -0.870. The van der Waals surface area contributed by atoms with Gasteiger partial charge in [0.05, 0.1) is 11.6 Å². The lowest BCUT2D eigenvalue weighted by molar-refractivity contribution is 0.112. The number of aliphatic hydroxyl groups is 1. The van der Waals surface area contributed by atoms with Gasteiger partial charge < -0.3 is 5.11 Å². The van der Waals surface area contributed by atoms with Crippen LogP contribution >= 0.6 is 11.8 Å². The lowest BCUT2D eigenvalue weighted by atomic mass is 10.3. The van der Waals surface area contributed by atoms with Gasteiger partial charge in [-0.2, -0.15) is 0 Å². The van der Waals surface area contributed by atoms with Crippen molar-refractivity contribution in [2.45, 2.75) is 5.03 Å². The summed E-state index contributed by atoms with van der Waals surface area (Å²) >= 11 is 1.46. The summed E-state index contributed by atoms with van der Waals surface area (Å²) in [6, 6.07) is 3.48. The zero-order valence-electron chi connectivity index (χ0n) is 6.43. The molecule has 64 valence electrons. The highest BCUT2D eigenvalue weighted by Gasteiger charge is 1.94. The third-order valence-electron chi connectivity index (χ3n) is 1.24. The average Bonchev–Trinajstić information content (AvgIpc) is 2.15. The van der Waals surface area contributed by atoms with Gasteiger partial charge in [0.2, 0.25) is 0 Å². The molecule has 1 aromatic heterocycles. The molecule has 0 unspecified atom stereocenters. The molecule has 0 saturated carbocycles. The number of pyridine rings is 1. The number of carbonyl (C=O) groups excluding carboxylic acids is 1. The summed E-state index contributed by atoms with van der Waals surface area (Å²) in [5.41, 5.74) is 0.573. The number of rotatable bonds is 4. The Kier molecular flexibility index (Phi) is 3.76. The molecule has 0 atom stereocenters. The van der Waals surface area contributed by atoms with Crippen LogP contribution in [0.25, 0.3) is 0 Å². The van der Waals surface area contributed by atoms with Crippen LogP contribution in [0.3, 0.4) is 0 Å². The first-order chi connectivity index (χ1) is 5.86. The van der Waals surface area contributed by atoms with Crippen LogP contribution in [0.1, 0.15) is 10.4 Å². The second-order valence-electron chi connectivity index (χ2n) is 2.12. The van der Waals surface area contributed by atoms with Crippen LogP contribution in [0.5, 0.6) is 0 Å². The molecule has 1 N–H and O–H groups in total. The summed E-state index contributed by atoms with van der Waals surface area (Å²) in [5, 5.41) is 9.35. The highest BCUT2D eigenvalue weighted by Crippen LogP contribution is 2.13. The minimum absolute atomic E-state index is 0.141. The minimum atomic E-state index is 0.141. The summed E-state index contributed by atoms with van der Waals surface area (Å²) in [6.07, 6.45) is 2.28. The van der Waals surface area contributed by atoms with Crippen molar-refractivity contribution in [1.29, 1.82) is 0 Å². The second-order valence-corrected chi connectivity index (χ2v) is 3.23. The molecule has 0 radical (unpaired) electrons. The number of thioether (sulfide) groups is 1. The second kappa shape index (κ2) is 4.90. The molecule has 0 amide bonds. The average molecular weight is 183 g/mol. The van der Waals surface area contributed by atoms with Crippen LogP contribution < -0.4 is 0 Å². The van der Waals surface area contributed by atoms with E-state index in [0.29, 0.717) is 11.3 Å². The molecule has 0 spiro atoms. The fourth-order valence-corrected chi connectivity index (χ4v) is 1.29. The Labute approximate surface area is 74.8 Å². The minimum Gasteiger partial charge on any atom is -0.396 e. The van der Waals surface area contributed by atoms with E-state index in [-0.39, 0.29) is 6.61 Å². The van der Waals surface area contributed by atoms with E-state index in [2.05, 4.69) is 4.98 Å². The maximum Gasteiger partial charge on any atom is 0.151 e. The third-order valence-corrected chi connectivity index (χ3v) is 2.16. The molecular formula is C8H9NO2S. The monoisotopic (exact) mass is 183 g/mol. The topological polar surface area (TPSA) is 50.2 Å². The Morgan fingerprint density at radius 2 is 2.42 bits per heavy atom. The quantitative estimate of drug-likeness (QED) is 0.558. The predicted molar refractivity (Wildman–Crippen MR) is 47.4 cm³/mol. The molecule has 3 nitrogen and oxygen atoms in total. The number of nitrogens with zero attached hydrogens (tertiary/aromatic N) is 1. The molecule has 1 rings (SSSR count). The summed E-state index contributed by atoms with van der Waals surface area (Å²) in [5.74, 6) is 0.632. The fraction of sp³-hybridized carbons (Fsp3) is 0.250. The molecule has 1 heterocycles. The van der Waals surface area contributed by atoms with Gasteiger partial charge >= 0.3 is 0 Å². The van der Waals surface area contributed by atoms with E-state index in [1.165, 1.54) is 18.0 Å². The van der Waals surface area contributed by atoms with Crippen LogP contribution in [-0.2, 0) is 0 Å². The molecule has 0 aliphatic rings. The number of aliphatic hydroxyl groups excluding tert-OH is 1. The van der Waals surface area contributed by atoms with Crippen molar-refractivity contribution in [2.75, 3.05) is 12.4 Å². The van der Waals surface area contributed by atoms with Gasteiger partial charge in [-0.05, 0) is 12.1 Å². The lowest BCUT2D eigenvalue weighted by Crippen LogP contribution is -1.88. The van der Waals surface area contributed by atoms with E-state index in [1.54, 1.807) is 12.1 Å². The molecule has 0 aliphatic carbocycles. The number of aromatic nitrogens is 1. The Balaban J connectivity index is 2.58. The first kappa shape index (κ1) is 9.22. The number of hydrogen-bond acceptors (Lipinski definition) is 4. The largest absolute Gasteiger partial charge is 0.396 e. The van der Waals surface area contributed by atoms with Gasteiger partial charge in [-0.1, -0.05) is 0 Å². The van der Waals surface area contributed by atoms with Crippen molar-refractivity contribution in [2.24, 2.45) is 0 Å². The highest BCUT2D eigenvalue weighted by atomic mass is 32.2. The maximum atomic E-state index is 10.2. The normalized spacial score (nSPS) is 9.75. The zero-order valence-corrected chi connectivity index (χ0v) is 7.25. The van der Waals surface area contributed by atoms with Gasteiger partial charge in [0.15, 0.2) is 6.29 Å². The van der Waals surface area contributed by atoms with Gasteiger partial charge in [0.1, 0.15) is 0 Å². The fourth-order valence-electron chi connectivity index (χ4n) is 0.697. The number of carbonyl (C=O) groups is 1.